The van der Waals surface area contributed by atoms with Crippen LogP contribution >= 0.6 is 23.2 Å². The number of carbonyl (C=O) groups excluding carboxylic acids is 2. The van der Waals surface area contributed by atoms with Gasteiger partial charge in [-0.25, -0.2) is 10.0 Å². The Morgan fingerprint density at radius 1 is 1.27 bits per heavy atom. The van der Waals surface area contributed by atoms with Gasteiger partial charge < -0.3 is 15.2 Å². The third-order valence-electron chi connectivity index (χ3n) is 4.98. The molecule has 1 fully saturated rings. The Morgan fingerprint density at radius 2 is 1.97 bits per heavy atom. The third kappa shape index (κ3) is 4.91. The number of hydroxylamine groups is 2. The molecule has 3 rings (SSSR count). The average molecular weight is 454 g/mol. The second-order valence-corrected chi connectivity index (χ2v) is 8.10. The van der Waals surface area contributed by atoms with Crippen LogP contribution in [0.5, 0.6) is 0 Å². The summed E-state index contributed by atoms with van der Waals surface area (Å²) >= 11 is 11.7. The van der Waals surface area contributed by atoms with Gasteiger partial charge in [0.2, 0.25) is 0 Å². The van der Waals surface area contributed by atoms with E-state index < -0.39 is 29.4 Å². The summed E-state index contributed by atoms with van der Waals surface area (Å²) in [6.07, 6.45) is -1.76. The van der Waals surface area contributed by atoms with Gasteiger partial charge in [0.15, 0.2) is 0 Å². The van der Waals surface area contributed by atoms with E-state index in [9.17, 15) is 19.9 Å². The van der Waals surface area contributed by atoms with E-state index in [0.29, 0.717) is 10.6 Å². The fourth-order valence-electron chi connectivity index (χ4n) is 3.25. The quantitative estimate of drug-likeness (QED) is 0.351. The molecule has 0 radical (unpaired) electrons. The van der Waals surface area contributed by atoms with Gasteiger partial charge in [-0.2, -0.15) is 0 Å². The van der Waals surface area contributed by atoms with E-state index in [1.54, 1.807) is 37.3 Å². The summed E-state index contributed by atoms with van der Waals surface area (Å²) in [5.74, 6) is -1.07. The zero-order valence-corrected chi connectivity index (χ0v) is 17.6. The number of pyridine rings is 1. The summed E-state index contributed by atoms with van der Waals surface area (Å²) in [6, 6.07) is 11.2. The van der Waals surface area contributed by atoms with Crippen LogP contribution < -0.4 is 5.32 Å². The van der Waals surface area contributed by atoms with Gasteiger partial charge in [0.1, 0.15) is 16.4 Å². The van der Waals surface area contributed by atoms with Crippen molar-refractivity contribution < 1.29 is 24.6 Å². The topological polar surface area (TPSA) is 112 Å². The smallest absolute Gasteiger partial charge is 0.277 e. The molecule has 160 valence electrons. The summed E-state index contributed by atoms with van der Waals surface area (Å²) < 4.78 is 5.62. The molecular weight excluding hydrogens is 433 g/mol. The van der Waals surface area contributed by atoms with E-state index in [0.717, 1.165) is 0 Å². The second kappa shape index (κ2) is 9.28. The largest absolute Gasteiger partial charge is 0.390 e. The first-order chi connectivity index (χ1) is 14.2. The Bertz CT molecular complexity index is 930. The Hall–Kier alpha value is -2.23. The minimum atomic E-state index is -1.03. The number of nitrogens with one attached hydrogen (secondary N) is 1. The summed E-state index contributed by atoms with van der Waals surface area (Å²) in [4.78, 5) is 28.5. The fraction of sp³-hybridized carbons (Fsp3) is 0.350. The average Bonchev–Trinajstić information content (AvgIpc) is 3.00. The maximum Gasteiger partial charge on any atom is 0.277 e. The van der Waals surface area contributed by atoms with Crippen molar-refractivity contribution in [3.8, 4) is 0 Å². The molecule has 2 heterocycles. The van der Waals surface area contributed by atoms with E-state index in [-0.39, 0.29) is 35.6 Å². The standard InChI is InChI=1S/C20H21Cl2N3O5/c1-20(10-25(29)19(28)12-5-3-2-4-6-12)11-30-14(16(20)26)9-23-18(27)13-7-8-15(21)24-17(13)22/h2-8,14,16,26,29H,9-11H2,1H3,(H,23,27)/t14-,16-,20-/m1/s1. The van der Waals surface area contributed by atoms with Gasteiger partial charge in [-0.3, -0.25) is 14.8 Å². The molecule has 30 heavy (non-hydrogen) atoms. The molecule has 0 aliphatic carbocycles. The highest BCUT2D eigenvalue weighted by Crippen LogP contribution is 2.33. The summed E-state index contributed by atoms with van der Waals surface area (Å²) in [6.45, 7) is 1.66. The van der Waals surface area contributed by atoms with Crippen molar-refractivity contribution in [2.24, 2.45) is 5.41 Å². The van der Waals surface area contributed by atoms with Crippen molar-refractivity contribution in [1.29, 1.82) is 0 Å². The van der Waals surface area contributed by atoms with Crippen molar-refractivity contribution >= 4 is 35.0 Å². The van der Waals surface area contributed by atoms with Gasteiger partial charge in [0.25, 0.3) is 11.8 Å². The Labute approximate surface area is 183 Å². The lowest BCUT2D eigenvalue weighted by Gasteiger charge is -2.31. The van der Waals surface area contributed by atoms with Crippen LogP contribution in [0.4, 0.5) is 0 Å². The number of halogens is 2. The Kier molecular flexibility index (Phi) is 6.95. The van der Waals surface area contributed by atoms with Crippen molar-refractivity contribution in [3.63, 3.8) is 0 Å². The number of aromatic nitrogens is 1. The molecule has 10 heteroatoms. The maximum absolute atomic E-state index is 12.4. The van der Waals surface area contributed by atoms with Gasteiger partial charge >= 0.3 is 0 Å². The predicted molar refractivity (Wildman–Crippen MR) is 110 cm³/mol. The maximum atomic E-state index is 12.4. The van der Waals surface area contributed by atoms with E-state index in [4.69, 9.17) is 27.9 Å². The molecular formula is C20H21Cl2N3O5. The zero-order valence-electron chi connectivity index (χ0n) is 16.1. The highest BCUT2D eigenvalue weighted by Gasteiger charge is 2.47. The highest BCUT2D eigenvalue weighted by atomic mass is 35.5. The molecule has 2 amide bonds. The van der Waals surface area contributed by atoms with Gasteiger partial charge in [0, 0.05) is 17.5 Å². The number of aliphatic hydroxyl groups is 1. The van der Waals surface area contributed by atoms with Crippen LogP contribution in [0, 0.1) is 5.41 Å². The molecule has 8 nitrogen and oxygen atoms in total. The molecule has 1 aliphatic rings. The molecule has 1 aromatic carbocycles. The summed E-state index contributed by atoms with van der Waals surface area (Å²) in [5.41, 5.74) is -0.450. The monoisotopic (exact) mass is 453 g/mol. The van der Waals surface area contributed by atoms with E-state index >= 15 is 0 Å². The van der Waals surface area contributed by atoms with Crippen LogP contribution in [0.3, 0.4) is 0 Å². The van der Waals surface area contributed by atoms with Crippen molar-refractivity contribution in [1.82, 2.24) is 15.4 Å². The third-order valence-corrected chi connectivity index (χ3v) is 5.48. The van der Waals surface area contributed by atoms with E-state index in [2.05, 4.69) is 10.3 Å². The zero-order chi connectivity index (χ0) is 21.9. The molecule has 3 atom stereocenters. The molecule has 1 aliphatic heterocycles. The Balaban J connectivity index is 1.58. The number of amides is 2. The molecule has 3 N–H and O–H groups in total. The van der Waals surface area contributed by atoms with Crippen LogP contribution in [0.15, 0.2) is 42.5 Å². The lowest BCUT2D eigenvalue weighted by molar-refractivity contribution is -0.0940. The summed E-state index contributed by atoms with van der Waals surface area (Å²) in [7, 11) is 0. The van der Waals surface area contributed by atoms with Crippen LogP contribution in [0.2, 0.25) is 10.3 Å². The number of rotatable bonds is 6. The number of ether oxygens (including phenoxy) is 1. The molecule has 0 unspecified atom stereocenters. The molecule has 1 aromatic heterocycles. The lowest BCUT2D eigenvalue weighted by Crippen LogP contribution is -2.47. The SMILES string of the molecule is C[C@@]1(CN(O)C(=O)c2ccccc2)CO[C@H](CNC(=O)c2ccc(Cl)nc2Cl)[C@H]1O. The van der Waals surface area contributed by atoms with Gasteiger partial charge in [-0.05, 0) is 24.3 Å². The van der Waals surface area contributed by atoms with E-state index in [1.807, 2.05) is 0 Å². The predicted octanol–water partition coefficient (Wildman–Crippen LogP) is 2.42. The molecule has 1 saturated heterocycles. The van der Waals surface area contributed by atoms with Gasteiger partial charge in [0.05, 0.1) is 24.8 Å². The van der Waals surface area contributed by atoms with E-state index in [1.165, 1.54) is 12.1 Å². The number of aliphatic hydroxyl groups excluding tert-OH is 1. The minimum Gasteiger partial charge on any atom is -0.390 e. The van der Waals surface area contributed by atoms with Crippen molar-refractivity contribution in [2.45, 2.75) is 19.1 Å². The second-order valence-electron chi connectivity index (χ2n) is 7.36. The number of hydrogen-bond donors (Lipinski definition) is 3. The van der Waals surface area contributed by atoms with Crippen LogP contribution in [-0.2, 0) is 4.74 Å². The minimum absolute atomic E-state index is 0.00655. The number of benzene rings is 1. The first kappa shape index (κ1) is 22.5. The lowest BCUT2D eigenvalue weighted by atomic mass is 9.84. The molecule has 0 spiro atoms. The van der Waals surface area contributed by atoms with Crippen LogP contribution in [0.25, 0.3) is 0 Å². The number of hydrogen-bond acceptors (Lipinski definition) is 6. The normalized spacial score (nSPS) is 23.2. The van der Waals surface area contributed by atoms with Crippen LogP contribution in [-0.4, -0.2) is 64.1 Å². The fourth-order valence-corrected chi connectivity index (χ4v) is 3.68. The van der Waals surface area contributed by atoms with Crippen molar-refractivity contribution in [2.75, 3.05) is 19.7 Å². The molecule has 0 saturated carbocycles. The number of nitrogens with zero attached hydrogens (tertiary/aromatic N) is 2. The highest BCUT2D eigenvalue weighted by molar-refractivity contribution is 6.34. The Morgan fingerprint density at radius 3 is 2.63 bits per heavy atom. The van der Waals surface area contributed by atoms with Gasteiger partial charge in [-0.15, -0.1) is 0 Å². The van der Waals surface area contributed by atoms with Crippen molar-refractivity contribution in [3.05, 3.63) is 63.9 Å². The van der Waals surface area contributed by atoms with Gasteiger partial charge in [-0.1, -0.05) is 48.3 Å². The molecule has 2 aromatic rings. The first-order valence-corrected chi connectivity index (χ1v) is 9.92. The number of carbonyl (C=O) groups is 2. The van der Waals surface area contributed by atoms with Crippen LogP contribution in [0.1, 0.15) is 27.6 Å². The summed E-state index contributed by atoms with van der Waals surface area (Å²) in [5, 5.41) is 24.3. The molecule has 0 bridgehead atoms. The first-order valence-electron chi connectivity index (χ1n) is 9.17.